The summed E-state index contributed by atoms with van der Waals surface area (Å²) in [6.07, 6.45) is 0. The number of carbonyl (C=O) groups is 1. The summed E-state index contributed by atoms with van der Waals surface area (Å²) in [5.74, 6) is -0.605. The maximum Gasteiger partial charge on any atom is 0.353 e. The van der Waals surface area contributed by atoms with Crippen molar-refractivity contribution in [1.82, 2.24) is 10.2 Å². The number of hydrogen-bond acceptors (Lipinski definition) is 2. The van der Waals surface area contributed by atoms with Gasteiger partial charge in [0.15, 0.2) is 0 Å². The molecule has 2 aromatic rings. The lowest BCUT2D eigenvalue weighted by atomic mass is 10.00. The highest BCUT2D eigenvalue weighted by atomic mass is 79.9. The molecule has 1 aromatic heterocycles. The SMILES string of the molecule is CC(C)c1cc(Br)cc(-c2cc(C(=O)O)[nH]n2)c1. The molecule has 0 saturated heterocycles. The zero-order chi connectivity index (χ0) is 13.3. The molecule has 2 N–H and O–H groups in total. The highest BCUT2D eigenvalue weighted by molar-refractivity contribution is 9.10. The summed E-state index contributed by atoms with van der Waals surface area (Å²) < 4.78 is 0.962. The first-order valence-corrected chi connectivity index (χ1v) is 6.36. The molecule has 2 rings (SSSR count). The third-order valence-electron chi connectivity index (χ3n) is 2.69. The number of carboxylic acid groups (broad SMARTS) is 1. The predicted molar refractivity (Wildman–Crippen MR) is 72.8 cm³/mol. The van der Waals surface area contributed by atoms with Gasteiger partial charge in [0.25, 0.3) is 0 Å². The summed E-state index contributed by atoms with van der Waals surface area (Å²) >= 11 is 3.46. The highest BCUT2D eigenvalue weighted by Gasteiger charge is 2.11. The first kappa shape index (κ1) is 12.8. The van der Waals surface area contributed by atoms with Gasteiger partial charge in [0, 0.05) is 10.0 Å². The van der Waals surface area contributed by atoms with Crippen molar-refractivity contribution in [3.63, 3.8) is 0 Å². The van der Waals surface area contributed by atoms with Crippen LogP contribution in [0.1, 0.15) is 35.8 Å². The maximum absolute atomic E-state index is 10.8. The molecule has 4 nitrogen and oxygen atoms in total. The van der Waals surface area contributed by atoms with Crippen molar-refractivity contribution in [2.45, 2.75) is 19.8 Å². The van der Waals surface area contributed by atoms with Crippen LogP contribution >= 0.6 is 15.9 Å². The van der Waals surface area contributed by atoms with E-state index in [-0.39, 0.29) is 5.69 Å². The van der Waals surface area contributed by atoms with E-state index in [2.05, 4.69) is 46.0 Å². The molecule has 5 heteroatoms. The fourth-order valence-corrected chi connectivity index (χ4v) is 2.18. The molecular weight excluding hydrogens is 296 g/mol. The van der Waals surface area contributed by atoms with Gasteiger partial charge in [0.2, 0.25) is 0 Å². The van der Waals surface area contributed by atoms with Crippen LogP contribution in [0.5, 0.6) is 0 Å². The Bertz CT molecular complexity index is 590. The number of rotatable bonds is 3. The minimum Gasteiger partial charge on any atom is -0.477 e. The average Bonchev–Trinajstić information content (AvgIpc) is 2.77. The van der Waals surface area contributed by atoms with E-state index in [9.17, 15) is 4.79 Å². The lowest BCUT2D eigenvalue weighted by Crippen LogP contribution is -1.95. The Balaban J connectivity index is 2.46. The van der Waals surface area contributed by atoms with Crippen LogP contribution in [0.2, 0.25) is 0 Å². The number of H-pyrrole nitrogens is 1. The second-order valence-corrected chi connectivity index (χ2v) is 5.32. The Hall–Kier alpha value is -1.62. The second-order valence-electron chi connectivity index (χ2n) is 4.40. The van der Waals surface area contributed by atoms with E-state index in [0.29, 0.717) is 11.6 Å². The topological polar surface area (TPSA) is 66.0 Å². The summed E-state index contributed by atoms with van der Waals surface area (Å²) in [7, 11) is 0. The minimum absolute atomic E-state index is 0.0936. The zero-order valence-corrected chi connectivity index (χ0v) is 11.7. The third kappa shape index (κ3) is 2.61. The van der Waals surface area contributed by atoms with Crippen LogP contribution in [0.25, 0.3) is 11.3 Å². The van der Waals surface area contributed by atoms with Crippen LogP contribution in [0.3, 0.4) is 0 Å². The van der Waals surface area contributed by atoms with E-state index < -0.39 is 5.97 Å². The molecule has 0 fully saturated rings. The van der Waals surface area contributed by atoms with Gasteiger partial charge < -0.3 is 5.11 Å². The molecule has 0 spiro atoms. The lowest BCUT2D eigenvalue weighted by molar-refractivity contribution is 0.0690. The molecule has 0 bridgehead atoms. The monoisotopic (exact) mass is 308 g/mol. The Kier molecular flexibility index (Phi) is 3.52. The lowest BCUT2D eigenvalue weighted by Gasteiger charge is -2.08. The standard InChI is InChI=1S/C13H13BrN2O2/c1-7(2)8-3-9(5-10(14)4-8)11-6-12(13(17)18)16-15-11/h3-7H,1-2H3,(H,15,16)(H,17,18). The molecular formula is C13H13BrN2O2. The van der Waals surface area contributed by atoms with E-state index in [0.717, 1.165) is 10.0 Å². The van der Waals surface area contributed by atoms with Crippen molar-refractivity contribution in [3.05, 3.63) is 40.0 Å². The third-order valence-corrected chi connectivity index (χ3v) is 3.15. The fraction of sp³-hybridized carbons (Fsp3) is 0.231. The van der Waals surface area contributed by atoms with Gasteiger partial charge in [-0.25, -0.2) is 4.79 Å². The Morgan fingerprint density at radius 1 is 1.33 bits per heavy atom. The van der Waals surface area contributed by atoms with E-state index in [1.807, 2.05) is 12.1 Å². The Morgan fingerprint density at radius 2 is 2.06 bits per heavy atom. The van der Waals surface area contributed by atoms with Crippen molar-refractivity contribution in [1.29, 1.82) is 0 Å². The van der Waals surface area contributed by atoms with Crippen LogP contribution in [-0.2, 0) is 0 Å². The number of benzene rings is 1. The number of aromatic amines is 1. The van der Waals surface area contributed by atoms with Gasteiger partial charge in [-0.15, -0.1) is 0 Å². The van der Waals surface area contributed by atoms with Crippen molar-refractivity contribution in [2.24, 2.45) is 0 Å². The molecule has 0 aliphatic rings. The first-order valence-electron chi connectivity index (χ1n) is 5.57. The van der Waals surface area contributed by atoms with Crippen LogP contribution in [-0.4, -0.2) is 21.3 Å². The van der Waals surface area contributed by atoms with Gasteiger partial charge in [-0.1, -0.05) is 29.8 Å². The van der Waals surface area contributed by atoms with Crippen molar-refractivity contribution >= 4 is 21.9 Å². The molecule has 0 amide bonds. The Morgan fingerprint density at radius 3 is 2.61 bits per heavy atom. The van der Waals surface area contributed by atoms with Crippen molar-refractivity contribution in [2.75, 3.05) is 0 Å². The summed E-state index contributed by atoms with van der Waals surface area (Å²) in [5.41, 5.74) is 2.81. The predicted octanol–water partition coefficient (Wildman–Crippen LogP) is 3.66. The quantitative estimate of drug-likeness (QED) is 0.909. The normalized spacial score (nSPS) is 10.9. The zero-order valence-electron chi connectivity index (χ0n) is 10.1. The van der Waals surface area contributed by atoms with Crippen molar-refractivity contribution in [3.8, 4) is 11.3 Å². The number of hydrogen-bond donors (Lipinski definition) is 2. The Labute approximate surface area is 113 Å². The van der Waals surface area contributed by atoms with Gasteiger partial charge in [-0.2, -0.15) is 5.10 Å². The molecule has 0 aliphatic heterocycles. The second kappa shape index (κ2) is 4.94. The van der Waals surface area contributed by atoms with Crippen LogP contribution < -0.4 is 0 Å². The van der Waals surface area contributed by atoms with E-state index in [4.69, 9.17) is 5.11 Å². The van der Waals surface area contributed by atoms with E-state index in [1.54, 1.807) is 0 Å². The average molecular weight is 309 g/mol. The fourth-order valence-electron chi connectivity index (χ4n) is 1.67. The maximum atomic E-state index is 10.8. The molecule has 0 unspecified atom stereocenters. The molecule has 0 atom stereocenters. The van der Waals surface area contributed by atoms with Crippen LogP contribution in [0, 0.1) is 0 Å². The van der Waals surface area contributed by atoms with Gasteiger partial charge in [0.1, 0.15) is 5.69 Å². The largest absolute Gasteiger partial charge is 0.477 e. The van der Waals surface area contributed by atoms with Crippen LogP contribution in [0.15, 0.2) is 28.7 Å². The van der Waals surface area contributed by atoms with Gasteiger partial charge in [0.05, 0.1) is 5.69 Å². The minimum atomic E-state index is -1.01. The number of nitrogens with one attached hydrogen (secondary N) is 1. The molecule has 1 aromatic carbocycles. The molecule has 18 heavy (non-hydrogen) atoms. The molecule has 0 saturated carbocycles. The van der Waals surface area contributed by atoms with E-state index in [1.165, 1.54) is 11.6 Å². The number of aromatic nitrogens is 2. The summed E-state index contributed by atoms with van der Waals surface area (Å²) in [4.78, 5) is 10.8. The van der Waals surface area contributed by atoms with E-state index >= 15 is 0 Å². The van der Waals surface area contributed by atoms with Gasteiger partial charge >= 0.3 is 5.97 Å². The first-order chi connectivity index (χ1) is 8.47. The number of halogens is 1. The van der Waals surface area contributed by atoms with Crippen molar-refractivity contribution < 1.29 is 9.90 Å². The highest BCUT2D eigenvalue weighted by Crippen LogP contribution is 2.27. The molecule has 1 heterocycles. The summed E-state index contributed by atoms with van der Waals surface area (Å²) in [6.45, 7) is 4.22. The molecule has 94 valence electrons. The number of carboxylic acids is 1. The number of nitrogens with zero attached hydrogens (tertiary/aromatic N) is 1. The smallest absolute Gasteiger partial charge is 0.353 e. The number of aromatic carboxylic acids is 1. The summed E-state index contributed by atoms with van der Waals surface area (Å²) in [6, 6.07) is 7.54. The van der Waals surface area contributed by atoms with Gasteiger partial charge in [-0.3, -0.25) is 5.10 Å². The molecule has 0 aliphatic carbocycles. The van der Waals surface area contributed by atoms with Crippen LogP contribution in [0.4, 0.5) is 0 Å². The summed E-state index contributed by atoms with van der Waals surface area (Å²) in [5, 5.41) is 15.4. The molecule has 0 radical (unpaired) electrons. The van der Waals surface area contributed by atoms with Gasteiger partial charge in [-0.05, 0) is 35.7 Å².